The molecule has 3 N–H and O–H groups in total. The van der Waals surface area contributed by atoms with Crippen molar-refractivity contribution in [3.05, 3.63) is 0 Å². The topological polar surface area (TPSA) is 55.1 Å². The minimum absolute atomic E-state index is 0.0503. The molecule has 1 amide bonds. The highest BCUT2D eigenvalue weighted by Crippen LogP contribution is 2.04. The van der Waals surface area contributed by atoms with Gasteiger partial charge in [-0.15, -0.1) is 0 Å². The first-order valence-electron chi connectivity index (χ1n) is 5.21. The summed E-state index contributed by atoms with van der Waals surface area (Å²) in [4.78, 5) is 11.5. The van der Waals surface area contributed by atoms with Crippen molar-refractivity contribution in [2.24, 2.45) is 5.73 Å². The molecule has 4 heteroatoms. The van der Waals surface area contributed by atoms with Crippen molar-refractivity contribution in [1.82, 2.24) is 5.32 Å². The van der Waals surface area contributed by atoms with Crippen molar-refractivity contribution in [3.63, 3.8) is 0 Å². The van der Waals surface area contributed by atoms with Crippen LogP contribution in [-0.2, 0) is 4.79 Å². The molecule has 0 radical (unpaired) electrons. The van der Waals surface area contributed by atoms with Gasteiger partial charge in [-0.3, -0.25) is 4.79 Å². The third-order valence-electron chi connectivity index (χ3n) is 1.97. The van der Waals surface area contributed by atoms with E-state index in [1.165, 1.54) is 19.3 Å². The Morgan fingerprint density at radius 2 is 1.93 bits per heavy atom. The minimum atomic E-state index is 0.0503. The lowest BCUT2D eigenvalue weighted by atomic mass is 10.1. The van der Waals surface area contributed by atoms with E-state index in [-0.39, 0.29) is 5.91 Å². The van der Waals surface area contributed by atoms with E-state index >= 15 is 0 Å². The van der Waals surface area contributed by atoms with Gasteiger partial charge in [-0.25, -0.2) is 0 Å². The second kappa shape index (κ2) is 8.94. The van der Waals surface area contributed by atoms with Gasteiger partial charge in [-0.05, 0) is 6.42 Å². The third kappa shape index (κ3) is 9.45. The molecule has 0 aromatic rings. The van der Waals surface area contributed by atoms with Crippen LogP contribution < -0.4 is 11.1 Å². The average Bonchev–Trinajstić information content (AvgIpc) is 2.14. The fourth-order valence-electron chi connectivity index (χ4n) is 1.16. The predicted molar refractivity (Wildman–Crippen MR) is 63.2 cm³/mol. The summed E-state index contributed by atoms with van der Waals surface area (Å²) in [6.45, 7) is 2.50. The molecule has 0 aliphatic heterocycles. The molecule has 0 heterocycles. The van der Waals surface area contributed by atoms with E-state index in [2.05, 4.69) is 24.5 Å². The fraction of sp³-hybridized carbons (Fsp3) is 0.800. The zero-order chi connectivity index (χ0) is 10.8. The maximum Gasteiger partial charge on any atom is 0.220 e. The van der Waals surface area contributed by atoms with Crippen LogP contribution >= 0.6 is 12.2 Å². The number of amides is 1. The molecule has 82 valence electrons. The number of unbranched alkanes of at least 4 members (excludes halogenated alkanes) is 4. The molecule has 0 saturated heterocycles. The SMILES string of the molecule is CCCCCCCC(=O)NCC(N)=S. The number of hydrogen-bond donors (Lipinski definition) is 2. The Balaban J connectivity index is 3.22. The van der Waals surface area contributed by atoms with Crippen LogP contribution in [-0.4, -0.2) is 17.4 Å². The summed E-state index contributed by atoms with van der Waals surface area (Å²) in [6, 6.07) is 0. The highest BCUT2D eigenvalue weighted by molar-refractivity contribution is 7.80. The minimum Gasteiger partial charge on any atom is -0.392 e. The van der Waals surface area contributed by atoms with Crippen LogP contribution in [0.4, 0.5) is 0 Å². The number of nitrogens with two attached hydrogens (primary N) is 1. The van der Waals surface area contributed by atoms with Gasteiger partial charge in [0.2, 0.25) is 5.91 Å². The predicted octanol–water partition coefficient (Wildman–Crippen LogP) is 1.75. The Morgan fingerprint density at radius 3 is 2.50 bits per heavy atom. The normalized spacial score (nSPS) is 9.79. The second-order valence-electron chi connectivity index (χ2n) is 3.41. The molecule has 3 nitrogen and oxygen atoms in total. The van der Waals surface area contributed by atoms with Crippen molar-refractivity contribution in [2.75, 3.05) is 6.54 Å². The average molecular weight is 216 g/mol. The lowest BCUT2D eigenvalue weighted by Crippen LogP contribution is -2.31. The van der Waals surface area contributed by atoms with Gasteiger partial charge in [0, 0.05) is 6.42 Å². The zero-order valence-electron chi connectivity index (χ0n) is 8.84. The van der Waals surface area contributed by atoms with Crippen LogP contribution in [0.1, 0.15) is 45.4 Å². The molecule has 0 unspecified atom stereocenters. The first kappa shape index (κ1) is 13.4. The van der Waals surface area contributed by atoms with Gasteiger partial charge in [-0.1, -0.05) is 44.8 Å². The molecule has 0 rings (SSSR count). The van der Waals surface area contributed by atoms with Crippen molar-refractivity contribution in [2.45, 2.75) is 45.4 Å². The molecule has 0 atom stereocenters. The Bertz CT molecular complexity index is 183. The molecule has 0 bridgehead atoms. The smallest absolute Gasteiger partial charge is 0.220 e. The Hall–Kier alpha value is -0.640. The summed E-state index contributed by atoms with van der Waals surface area (Å²) in [6.07, 6.45) is 6.39. The maximum absolute atomic E-state index is 11.2. The molecular weight excluding hydrogens is 196 g/mol. The van der Waals surface area contributed by atoms with Gasteiger partial charge >= 0.3 is 0 Å². The quantitative estimate of drug-likeness (QED) is 0.480. The summed E-state index contributed by atoms with van der Waals surface area (Å²) in [5.41, 5.74) is 5.25. The molecule has 0 fully saturated rings. The highest BCUT2D eigenvalue weighted by atomic mass is 32.1. The van der Waals surface area contributed by atoms with Crippen LogP contribution in [0.2, 0.25) is 0 Å². The van der Waals surface area contributed by atoms with E-state index in [1.54, 1.807) is 0 Å². The molecule has 0 aliphatic rings. The summed E-state index contributed by atoms with van der Waals surface area (Å²) in [7, 11) is 0. The van der Waals surface area contributed by atoms with Crippen molar-refractivity contribution in [3.8, 4) is 0 Å². The van der Waals surface area contributed by atoms with Crippen molar-refractivity contribution < 1.29 is 4.79 Å². The summed E-state index contributed by atoms with van der Waals surface area (Å²) in [5.74, 6) is 0.0503. The van der Waals surface area contributed by atoms with E-state index in [9.17, 15) is 4.79 Å². The van der Waals surface area contributed by atoms with Crippen LogP contribution in [0, 0.1) is 0 Å². The van der Waals surface area contributed by atoms with Gasteiger partial charge < -0.3 is 11.1 Å². The molecule has 0 aromatic carbocycles. The zero-order valence-corrected chi connectivity index (χ0v) is 9.66. The number of carbonyl (C=O) groups is 1. The van der Waals surface area contributed by atoms with Gasteiger partial charge in [0.25, 0.3) is 0 Å². The van der Waals surface area contributed by atoms with Gasteiger partial charge in [0.05, 0.1) is 11.5 Å². The molecular formula is C10H20N2OS. The van der Waals surface area contributed by atoms with Gasteiger partial charge in [0.15, 0.2) is 0 Å². The van der Waals surface area contributed by atoms with E-state index in [0.717, 1.165) is 12.8 Å². The number of hydrogen-bond acceptors (Lipinski definition) is 2. The molecule has 14 heavy (non-hydrogen) atoms. The molecule has 0 aromatic heterocycles. The molecule has 0 saturated carbocycles. The number of thiocarbonyl (C=S) groups is 1. The van der Waals surface area contributed by atoms with Gasteiger partial charge in [0.1, 0.15) is 0 Å². The molecule has 0 spiro atoms. The van der Waals surface area contributed by atoms with Crippen LogP contribution in [0.15, 0.2) is 0 Å². The van der Waals surface area contributed by atoms with Crippen molar-refractivity contribution in [1.29, 1.82) is 0 Å². The Labute approximate surface area is 91.4 Å². The van der Waals surface area contributed by atoms with Crippen LogP contribution in [0.5, 0.6) is 0 Å². The van der Waals surface area contributed by atoms with Crippen molar-refractivity contribution >= 4 is 23.1 Å². The Kier molecular flexibility index (Phi) is 8.53. The van der Waals surface area contributed by atoms with Crippen LogP contribution in [0.25, 0.3) is 0 Å². The number of nitrogens with one attached hydrogen (secondary N) is 1. The summed E-state index contributed by atoms with van der Waals surface area (Å²) in [5, 5.41) is 2.67. The van der Waals surface area contributed by atoms with Gasteiger partial charge in [-0.2, -0.15) is 0 Å². The third-order valence-corrected chi connectivity index (χ3v) is 2.11. The lowest BCUT2D eigenvalue weighted by Gasteiger charge is -2.03. The maximum atomic E-state index is 11.2. The Morgan fingerprint density at radius 1 is 1.29 bits per heavy atom. The number of carbonyl (C=O) groups excluding carboxylic acids is 1. The molecule has 0 aliphatic carbocycles. The monoisotopic (exact) mass is 216 g/mol. The first-order chi connectivity index (χ1) is 6.66. The lowest BCUT2D eigenvalue weighted by molar-refractivity contribution is -0.120. The van der Waals surface area contributed by atoms with E-state index in [1.807, 2.05) is 0 Å². The van der Waals surface area contributed by atoms with Crippen LogP contribution in [0.3, 0.4) is 0 Å². The van der Waals surface area contributed by atoms with E-state index < -0.39 is 0 Å². The largest absolute Gasteiger partial charge is 0.392 e. The summed E-state index contributed by atoms with van der Waals surface area (Å²) < 4.78 is 0. The highest BCUT2D eigenvalue weighted by Gasteiger charge is 2.00. The summed E-state index contributed by atoms with van der Waals surface area (Å²) >= 11 is 4.65. The standard InChI is InChI=1S/C10H20N2OS/c1-2-3-4-5-6-7-10(13)12-8-9(11)14/h2-8H2,1H3,(H2,11,14)(H,12,13). The van der Waals surface area contributed by atoms with E-state index in [4.69, 9.17) is 5.73 Å². The first-order valence-corrected chi connectivity index (χ1v) is 5.62. The number of rotatable bonds is 8. The second-order valence-corrected chi connectivity index (χ2v) is 3.93. The fourth-order valence-corrected chi connectivity index (χ4v) is 1.24. The van der Waals surface area contributed by atoms with E-state index in [0.29, 0.717) is 18.0 Å².